The Bertz CT molecular complexity index is 590. The summed E-state index contributed by atoms with van der Waals surface area (Å²) in [5.41, 5.74) is 7.62. The molecule has 0 fully saturated rings. The van der Waals surface area contributed by atoms with Crippen molar-refractivity contribution in [2.75, 3.05) is 12.8 Å². The summed E-state index contributed by atoms with van der Waals surface area (Å²) in [6, 6.07) is 5.20. The molecule has 0 spiro atoms. The van der Waals surface area contributed by atoms with Gasteiger partial charge in [0.2, 0.25) is 0 Å². The van der Waals surface area contributed by atoms with E-state index in [9.17, 15) is 4.79 Å². The highest BCUT2D eigenvalue weighted by Gasteiger charge is 2.17. The molecule has 0 amide bonds. The Labute approximate surface area is 112 Å². The van der Waals surface area contributed by atoms with Crippen LogP contribution in [0.3, 0.4) is 0 Å². The molecule has 0 aliphatic rings. The number of imidazole rings is 1. The van der Waals surface area contributed by atoms with Crippen LogP contribution in [0.5, 0.6) is 0 Å². The minimum Gasteiger partial charge on any atom is -0.465 e. The minimum atomic E-state index is -0.404. The zero-order valence-corrected chi connectivity index (χ0v) is 11.1. The van der Waals surface area contributed by atoms with Crippen molar-refractivity contribution < 1.29 is 9.53 Å². The number of ether oxygens (including phenoxy) is 1. The Kier molecular flexibility index (Phi) is 3.85. The lowest BCUT2D eigenvalue weighted by molar-refractivity contribution is 0.0601. The average molecular weight is 259 g/mol. The number of benzene rings is 1. The first-order chi connectivity index (χ1) is 9.19. The second-order valence-corrected chi connectivity index (χ2v) is 4.20. The lowest BCUT2D eigenvalue weighted by Gasteiger charge is -2.14. The van der Waals surface area contributed by atoms with Crippen molar-refractivity contribution >= 4 is 11.7 Å². The van der Waals surface area contributed by atoms with E-state index in [1.54, 1.807) is 24.4 Å². The van der Waals surface area contributed by atoms with E-state index < -0.39 is 5.97 Å². The van der Waals surface area contributed by atoms with Crippen molar-refractivity contribution in [3.63, 3.8) is 0 Å². The Morgan fingerprint density at radius 3 is 2.95 bits per heavy atom. The molecule has 19 heavy (non-hydrogen) atoms. The van der Waals surface area contributed by atoms with E-state index in [0.29, 0.717) is 16.9 Å². The van der Waals surface area contributed by atoms with E-state index in [1.807, 2.05) is 10.8 Å². The first-order valence-corrected chi connectivity index (χ1v) is 6.18. The number of esters is 1. The third-order valence-electron chi connectivity index (χ3n) is 2.90. The van der Waals surface area contributed by atoms with Gasteiger partial charge >= 0.3 is 5.97 Å². The van der Waals surface area contributed by atoms with Crippen LogP contribution in [0.2, 0.25) is 0 Å². The molecule has 0 aliphatic heterocycles. The zero-order chi connectivity index (χ0) is 13.8. The van der Waals surface area contributed by atoms with Gasteiger partial charge in [-0.25, -0.2) is 9.78 Å². The van der Waals surface area contributed by atoms with E-state index in [0.717, 1.165) is 18.7 Å². The molecule has 2 aromatic rings. The van der Waals surface area contributed by atoms with E-state index in [1.165, 1.54) is 7.11 Å². The number of anilines is 1. The van der Waals surface area contributed by atoms with E-state index in [2.05, 4.69) is 11.9 Å². The van der Waals surface area contributed by atoms with Crippen LogP contribution in [0.4, 0.5) is 5.69 Å². The van der Waals surface area contributed by atoms with Gasteiger partial charge in [0.15, 0.2) is 0 Å². The van der Waals surface area contributed by atoms with Crippen LogP contribution in [0.25, 0.3) is 5.69 Å². The third-order valence-corrected chi connectivity index (χ3v) is 2.90. The maximum absolute atomic E-state index is 11.8. The smallest absolute Gasteiger partial charge is 0.340 e. The molecule has 0 unspecified atom stereocenters. The number of carbonyl (C=O) groups is 1. The fraction of sp³-hybridized carbons (Fsp3) is 0.286. The Morgan fingerprint density at radius 2 is 2.26 bits per heavy atom. The normalized spacial score (nSPS) is 10.4. The molecule has 0 saturated carbocycles. The highest BCUT2D eigenvalue weighted by atomic mass is 16.5. The molecular weight excluding hydrogens is 242 g/mol. The van der Waals surface area contributed by atoms with Gasteiger partial charge in [0.1, 0.15) is 5.82 Å². The fourth-order valence-corrected chi connectivity index (χ4v) is 2.05. The molecule has 0 radical (unpaired) electrons. The summed E-state index contributed by atoms with van der Waals surface area (Å²) in [6.45, 7) is 2.08. The largest absolute Gasteiger partial charge is 0.465 e. The molecule has 0 saturated heterocycles. The molecule has 0 aliphatic carbocycles. The molecular formula is C14H17N3O2. The molecule has 100 valence electrons. The Morgan fingerprint density at radius 1 is 1.47 bits per heavy atom. The minimum absolute atomic E-state index is 0.404. The number of hydrogen-bond donors (Lipinski definition) is 1. The maximum Gasteiger partial charge on any atom is 0.340 e. The number of hydrogen-bond acceptors (Lipinski definition) is 4. The van der Waals surface area contributed by atoms with Crippen molar-refractivity contribution in [1.29, 1.82) is 0 Å². The van der Waals surface area contributed by atoms with Crippen molar-refractivity contribution in [2.45, 2.75) is 19.8 Å². The summed E-state index contributed by atoms with van der Waals surface area (Å²) in [5, 5.41) is 0. The van der Waals surface area contributed by atoms with E-state index in [-0.39, 0.29) is 0 Å². The van der Waals surface area contributed by atoms with E-state index in [4.69, 9.17) is 10.5 Å². The summed E-state index contributed by atoms with van der Waals surface area (Å²) in [5.74, 6) is 0.476. The molecule has 0 atom stereocenters. The van der Waals surface area contributed by atoms with Gasteiger partial charge in [-0.05, 0) is 18.6 Å². The number of para-hydroxylation sites is 1. The van der Waals surface area contributed by atoms with Crippen molar-refractivity contribution in [2.24, 2.45) is 0 Å². The molecule has 1 heterocycles. The number of aryl methyl sites for hydroxylation is 1. The summed E-state index contributed by atoms with van der Waals surface area (Å²) in [7, 11) is 1.36. The lowest BCUT2D eigenvalue weighted by Crippen LogP contribution is -2.12. The molecule has 5 nitrogen and oxygen atoms in total. The number of methoxy groups -OCH3 is 1. The first-order valence-electron chi connectivity index (χ1n) is 6.18. The van der Waals surface area contributed by atoms with Gasteiger partial charge in [-0.15, -0.1) is 0 Å². The van der Waals surface area contributed by atoms with Crippen molar-refractivity contribution in [3.05, 3.63) is 42.0 Å². The third kappa shape index (κ3) is 2.45. The number of nitrogen functional groups attached to an aromatic ring is 1. The highest BCUT2D eigenvalue weighted by Crippen LogP contribution is 2.24. The molecule has 1 aromatic carbocycles. The molecule has 1 aromatic heterocycles. The lowest BCUT2D eigenvalue weighted by atomic mass is 10.1. The van der Waals surface area contributed by atoms with Crippen LogP contribution < -0.4 is 5.73 Å². The van der Waals surface area contributed by atoms with Gasteiger partial charge in [0.05, 0.1) is 24.0 Å². The van der Waals surface area contributed by atoms with E-state index >= 15 is 0 Å². The van der Waals surface area contributed by atoms with Gasteiger partial charge < -0.3 is 15.0 Å². The monoisotopic (exact) mass is 259 g/mol. The average Bonchev–Trinajstić information content (AvgIpc) is 2.86. The Hall–Kier alpha value is -2.30. The Balaban J connectivity index is 2.60. The van der Waals surface area contributed by atoms with Crippen LogP contribution in [-0.2, 0) is 11.2 Å². The number of rotatable bonds is 4. The van der Waals surface area contributed by atoms with Gasteiger partial charge in [0, 0.05) is 18.8 Å². The van der Waals surface area contributed by atoms with Gasteiger partial charge in [-0.3, -0.25) is 0 Å². The number of nitrogens with zero attached hydrogens (tertiary/aromatic N) is 2. The van der Waals surface area contributed by atoms with Gasteiger partial charge in [-0.2, -0.15) is 0 Å². The highest BCUT2D eigenvalue weighted by molar-refractivity contribution is 5.96. The second-order valence-electron chi connectivity index (χ2n) is 4.20. The van der Waals surface area contributed by atoms with Crippen LogP contribution in [0.15, 0.2) is 30.6 Å². The summed E-state index contributed by atoms with van der Waals surface area (Å²) in [4.78, 5) is 16.1. The standard InChI is InChI=1S/C14H17N3O2/c1-3-5-12-16-8-9-17(12)13-10(14(18)19-2)6-4-7-11(13)15/h4,6-9H,3,5,15H2,1-2H3. The molecule has 0 bridgehead atoms. The van der Waals surface area contributed by atoms with Crippen LogP contribution in [0, 0.1) is 0 Å². The second kappa shape index (κ2) is 5.56. The predicted octanol–water partition coefficient (Wildman–Crippen LogP) is 2.19. The quantitative estimate of drug-likeness (QED) is 0.675. The predicted molar refractivity (Wildman–Crippen MR) is 73.3 cm³/mol. The zero-order valence-electron chi connectivity index (χ0n) is 11.1. The topological polar surface area (TPSA) is 70.1 Å². The molecule has 2 rings (SSSR count). The van der Waals surface area contributed by atoms with Gasteiger partial charge in [-0.1, -0.05) is 13.0 Å². The van der Waals surface area contributed by atoms with Gasteiger partial charge in [0.25, 0.3) is 0 Å². The SMILES string of the molecule is CCCc1nccn1-c1c(N)cccc1C(=O)OC. The molecule has 2 N–H and O–H groups in total. The number of nitrogens with two attached hydrogens (primary N) is 1. The van der Waals surface area contributed by atoms with Crippen molar-refractivity contribution in [3.8, 4) is 5.69 Å². The van der Waals surface area contributed by atoms with Crippen LogP contribution in [0.1, 0.15) is 29.5 Å². The fourth-order valence-electron chi connectivity index (χ4n) is 2.05. The maximum atomic E-state index is 11.8. The first kappa shape index (κ1) is 13.1. The summed E-state index contributed by atoms with van der Waals surface area (Å²) in [6.07, 6.45) is 5.31. The van der Waals surface area contributed by atoms with Crippen molar-refractivity contribution in [1.82, 2.24) is 9.55 Å². The summed E-state index contributed by atoms with van der Waals surface area (Å²) < 4.78 is 6.65. The number of carbonyl (C=O) groups excluding carboxylic acids is 1. The summed E-state index contributed by atoms with van der Waals surface area (Å²) >= 11 is 0. The molecule has 5 heteroatoms. The van der Waals surface area contributed by atoms with Crippen LogP contribution >= 0.6 is 0 Å². The number of aromatic nitrogens is 2. The van der Waals surface area contributed by atoms with Crippen LogP contribution in [-0.4, -0.2) is 22.6 Å².